The first-order chi connectivity index (χ1) is 17.7. The molecule has 6 nitrogen and oxygen atoms in total. The molecule has 0 fully saturated rings. The standard InChI is InChI=1S/C30H30N2O4/c1-34-28-15-14-23(18-26(28)30(33)35-2)32-20-24(36-29-13-6-5-12-27(29)32)19-31-17-16-22-10-7-9-21-8-3-4-11-25(21)22/h3-15,18,24,31H,16-17,19-20H2,1-2H3/t24-/m1/s1. The fourth-order valence-corrected chi connectivity index (χ4v) is 4.78. The zero-order valence-electron chi connectivity index (χ0n) is 20.6. The first-order valence-corrected chi connectivity index (χ1v) is 12.1. The van der Waals surface area contributed by atoms with Gasteiger partial charge in [-0.25, -0.2) is 4.79 Å². The molecule has 36 heavy (non-hydrogen) atoms. The van der Waals surface area contributed by atoms with Gasteiger partial charge < -0.3 is 24.4 Å². The normalized spacial score (nSPS) is 14.7. The van der Waals surface area contributed by atoms with E-state index in [-0.39, 0.29) is 6.10 Å². The SMILES string of the molecule is COC(=O)c1cc(N2C[C@@H](CNCCc3cccc4ccccc34)Oc3ccccc32)ccc1OC. The van der Waals surface area contributed by atoms with Crippen LogP contribution in [0.5, 0.6) is 11.5 Å². The molecular weight excluding hydrogens is 452 g/mol. The maximum Gasteiger partial charge on any atom is 0.341 e. The molecule has 4 aromatic rings. The molecule has 0 radical (unpaired) electrons. The van der Waals surface area contributed by atoms with Gasteiger partial charge in [0.05, 0.1) is 26.5 Å². The van der Waals surface area contributed by atoms with E-state index in [0.29, 0.717) is 24.4 Å². The van der Waals surface area contributed by atoms with Crippen LogP contribution in [0.4, 0.5) is 11.4 Å². The van der Waals surface area contributed by atoms with Crippen LogP contribution in [0.1, 0.15) is 15.9 Å². The molecule has 1 heterocycles. The lowest BCUT2D eigenvalue weighted by atomic mass is 10.0. The van der Waals surface area contributed by atoms with Crippen molar-refractivity contribution in [3.63, 3.8) is 0 Å². The number of methoxy groups -OCH3 is 2. The summed E-state index contributed by atoms with van der Waals surface area (Å²) in [5, 5.41) is 6.15. The molecule has 1 aliphatic heterocycles. The number of benzene rings is 4. The van der Waals surface area contributed by atoms with Gasteiger partial charge in [0, 0.05) is 12.2 Å². The topological polar surface area (TPSA) is 60.0 Å². The predicted octanol–water partition coefficient (Wildman–Crippen LogP) is 5.37. The van der Waals surface area contributed by atoms with Gasteiger partial charge in [0.2, 0.25) is 0 Å². The summed E-state index contributed by atoms with van der Waals surface area (Å²) in [5.41, 5.74) is 3.58. The number of carbonyl (C=O) groups is 1. The van der Waals surface area contributed by atoms with Gasteiger partial charge in [-0.05, 0) is 59.6 Å². The summed E-state index contributed by atoms with van der Waals surface area (Å²) >= 11 is 0. The molecule has 6 heteroatoms. The summed E-state index contributed by atoms with van der Waals surface area (Å²) in [4.78, 5) is 14.5. The number of hydrogen-bond acceptors (Lipinski definition) is 6. The summed E-state index contributed by atoms with van der Waals surface area (Å²) in [6.07, 6.45) is 0.881. The molecule has 0 spiro atoms. The second-order valence-corrected chi connectivity index (χ2v) is 8.79. The average molecular weight is 483 g/mol. The maximum absolute atomic E-state index is 12.4. The van der Waals surface area contributed by atoms with Gasteiger partial charge in [-0.15, -0.1) is 0 Å². The zero-order valence-corrected chi connectivity index (χ0v) is 20.6. The Labute approximate surface area is 211 Å². The molecule has 0 aromatic heterocycles. The summed E-state index contributed by atoms with van der Waals surface area (Å²) in [5.74, 6) is 0.876. The molecule has 1 atom stereocenters. The number of esters is 1. The Bertz CT molecular complexity index is 1360. The van der Waals surface area contributed by atoms with Gasteiger partial charge in [-0.2, -0.15) is 0 Å². The quantitative estimate of drug-likeness (QED) is 0.269. The summed E-state index contributed by atoms with van der Waals surface area (Å²) in [6, 6.07) is 28.5. The zero-order chi connectivity index (χ0) is 24.9. The molecule has 184 valence electrons. The Hall–Kier alpha value is -4.03. The predicted molar refractivity (Wildman–Crippen MR) is 143 cm³/mol. The Morgan fingerprint density at radius 3 is 2.67 bits per heavy atom. The first kappa shape index (κ1) is 23.7. The lowest BCUT2D eigenvalue weighted by molar-refractivity contribution is 0.0597. The fourth-order valence-electron chi connectivity index (χ4n) is 4.78. The molecule has 0 saturated heterocycles. The Kier molecular flexibility index (Phi) is 7.05. The van der Waals surface area contributed by atoms with Crippen molar-refractivity contribution in [2.24, 2.45) is 0 Å². The third-order valence-electron chi connectivity index (χ3n) is 6.56. The van der Waals surface area contributed by atoms with Crippen molar-refractivity contribution in [2.75, 3.05) is 38.8 Å². The van der Waals surface area contributed by atoms with Crippen LogP contribution in [-0.4, -0.2) is 45.9 Å². The van der Waals surface area contributed by atoms with Crippen LogP contribution >= 0.6 is 0 Å². The van der Waals surface area contributed by atoms with E-state index in [1.807, 2.05) is 36.4 Å². The third kappa shape index (κ3) is 4.86. The van der Waals surface area contributed by atoms with Crippen LogP contribution in [0, 0.1) is 0 Å². The molecule has 0 unspecified atom stereocenters. The summed E-state index contributed by atoms with van der Waals surface area (Å²) < 4.78 is 16.7. The van der Waals surface area contributed by atoms with E-state index in [9.17, 15) is 4.79 Å². The lowest BCUT2D eigenvalue weighted by Crippen LogP contribution is -2.43. The highest BCUT2D eigenvalue weighted by Gasteiger charge is 2.27. The molecule has 0 saturated carbocycles. The van der Waals surface area contributed by atoms with Crippen LogP contribution in [0.2, 0.25) is 0 Å². The van der Waals surface area contributed by atoms with Crippen LogP contribution in [0.15, 0.2) is 84.9 Å². The average Bonchev–Trinajstić information content (AvgIpc) is 2.94. The van der Waals surface area contributed by atoms with Gasteiger partial charge in [-0.3, -0.25) is 0 Å². The molecule has 5 rings (SSSR count). The highest BCUT2D eigenvalue weighted by molar-refractivity contribution is 5.94. The van der Waals surface area contributed by atoms with E-state index in [4.69, 9.17) is 14.2 Å². The van der Waals surface area contributed by atoms with Crippen molar-refractivity contribution in [3.05, 3.63) is 96.1 Å². The number of rotatable bonds is 8. The van der Waals surface area contributed by atoms with E-state index in [1.165, 1.54) is 23.4 Å². The van der Waals surface area contributed by atoms with E-state index in [0.717, 1.165) is 30.1 Å². The summed E-state index contributed by atoms with van der Waals surface area (Å²) in [6.45, 7) is 2.20. The molecule has 1 N–H and O–H groups in total. The Morgan fingerprint density at radius 1 is 1.00 bits per heavy atom. The maximum atomic E-state index is 12.4. The minimum absolute atomic E-state index is 0.0592. The largest absolute Gasteiger partial charge is 0.496 e. The molecule has 0 amide bonds. The second kappa shape index (κ2) is 10.7. The van der Waals surface area contributed by atoms with Gasteiger partial charge in [0.1, 0.15) is 23.2 Å². The highest BCUT2D eigenvalue weighted by Crippen LogP contribution is 2.39. The highest BCUT2D eigenvalue weighted by atomic mass is 16.5. The van der Waals surface area contributed by atoms with E-state index in [1.54, 1.807) is 13.2 Å². The van der Waals surface area contributed by atoms with Crippen molar-refractivity contribution in [1.82, 2.24) is 5.32 Å². The van der Waals surface area contributed by atoms with E-state index >= 15 is 0 Å². The van der Waals surface area contributed by atoms with Crippen molar-refractivity contribution in [2.45, 2.75) is 12.5 Å². The van der Waals surface area contributed by atoms with E-state index in [2.05, 4.69) is 52.7 Å². The number of fused-ring (bicyclic) bond motifs is 2. The Morgan fingerprint density at radius 2 is 1.81 bits per heavy atom. The molecule has 4 aromatic carbocycles. The minimum Gasteiger partial charge on any atom is -0.496 e. The number of hydrogen-bond donors (Lipinski definition) is 1. The molecule has 0 bridgehead atoms. The van der Waals surface area contributed by atoms with Crippen molar-refractivity contribution in [3.8, 4) is 11.5 Å². The molecule has 1 aliphatic rings. The van der Waals surface area contributed by atoms with Gasteiger partial charge in [-0.1, -0.05) is 54.6 Å². The van der Waals surface area contributed by atoms with E-state index < -0.39 is 5.97 Å². The smallest absolute Gasteiger partial charge is 0.341 e. The Balaban J connectivity index is 1.31. The van der Waals surface area contributed by atoms with Gasteiger partial charge >= 0.3 is 5.97 Å². The number of nitrogens with one attached hydrogen (secondary N) is 1. The second-order valence-electron chi connectivity index (χ2n) is 8.79. The molecule has 0 aliphatic carbocycles. The fraction of sp³-hybridized carbons (Fsp3) is 0.233. The number of nitrogens with zero attached hydrogens (tertiary/aromatic N) is 1. The van der Waals surface area contributed by atoms with Crippen molar-refractivity contribution < 1.29 is 19.0 Å². The van der Waals surface area contributed by atoms with Crippen LogP contribution in [0.3, 0.4) is 0 Å². The van der Waals surface area contributed by atoms with Gasteiger partial charge in [0.15, 0.2) is 0 Å². The molecular formula is C30H30N2O4. The van der Waals surface area contributed by atoms with Crippen LogP contribution in [-0.2, 0) is 11.2 Å². The number of ether oxygens (including phenoxy) is 3. The number of anilines is 2. The monoisotopic (exact) mass is 482 g/mol. The third-order valence-corrected chi connectivity index (χ3v) is 6.56. The minimum atomic E-state index is -0.429. The lowest BCUT2D eigenvalue weighted by Gasteiger charge is -2.36. The summed E-state index contributed by atoms with van der Waals surface area (Å²) in [7, 11) is 2.92. The van der Waals surface area contributed by atoms with Gasteiger partial charge in [0.25, 0.3) is 0 Å². The van der Waals surface area contributed by atoms with Crippen molar-refractivity contribution in [1.29, 1.82) is 0 Å². The van der Waals surface area contributed by atoms with Crippen LogP contribution in [0.25, 0.3) is 10.8 Å². The number of para-hydroxylation sites is 2. The number of carbonyl (C=O) groups excluding carboxylic acids is 1. The van der Waals surface area contributed by atoms with Crippen LogP contribution < -0.4 is 19.7 Å². The van der Waals surface area contributed by atoms with Crippen molar-refractivity contribution >= 4 is 28.1 Å². The first-order valence-electron chi connectivity index (χ1n) is 12.1.